The second-order valence-electron chi connectivity index (χ2n) is 9.44. The van der Waals surface area contributed by atoms with Gasteiger partial charge in [-0.25, -0.2) is 4.79 Å². The van der Waals surface area contributed by atoms with Crippen molar-refractivity contribution in [1.82, 2.24) is 24.9 Å². The number of ketones is 1. The predicted octanol–water partition coefficient (Wildman–Crippen LogP) is 2.25. The number of piperidine rings is 1. The molecule has 0 radical (unpaired) electrons. The van der Waals surface area contributed by atoms with Crippen LogP contribution >= 0.6 is 0 Å². The molecule has 2 aliphatic rings. The van der Waals surface area contributed by atoms with Crippen LogP contribution in [0.15, 0.2) is 11.8 Å². The van der Waals surface area contributed by atoms with Crippen LogP contribution in [0.25, 0.3) is 0 Å². The number of hydrogen-bond donors (Lipinski definition) is 1. The average molecular weight is 422 g/mol. The van der Waals surface area contributed by atoms with Crippen LogP contribution in [0.4, 0.5) is 4.79 Å². The monoisotopic (exact) mass is 421 g/mol. The van der Waals surface area contributed by atoms with Gasteiger partial charge in [-0.2, -0.15) is 0 Å². The lowest BCUT2D eigenvalue weighted by molar-refractivity contribution is -0.119. The van der Waals surface area contributed by atoms with Crippen molar-refractivity contribution >= 4 is 11.8 Å². The van der Waals surface area contributed by atoms with Crippen molar-refractivity contribution in [3.05, 3.63) is 11.8 Å². The van der Waals surface area contributed by atoms with E-state index >= 15 is 0 Å². The fraction of sp³-hybridized carbons (Fsp3) is 0.826. The Morgan fingerprint density at radius 2 is 1.83 bits per heavy atom. The molecule has 0 aromatic carbocycles. The molecular weight excluding hydrogens is 378 g/mol. The standard InChI is InChI=1S/C23H43N5O2/c1-7-9-27(12-11-25(3)4)23(30)24-20-13-18-15-22(29)19(16-26(5)6)14-21(18)28(17-20)10-8-2/h16,18,20-21H,7-15,17H2,1-6H3,(H,24,30)/t18-,20+,21-/m1/s1. The van der Waals surface area contributed by atoms with Crippen LogP contribution in [-0.4, -0.2) is 104 Å². The molecule has 1 aliphatic heterocycles. The van der Waals surface area contributed by atoms with Crippen LogP contribution in [0.3, 0.4) is 0 Å². The second kappa shape index (κ2) is 11.7. The van der Waals surface area contributed by atoms with Gasteiger partial charge in [0.25, 0.3) is 0 Å². The van der Waals surface area contributed by atoms with E-state index in [9.17, 15) is 9.59 Å². The molecule has 1 aliphatic carbocycles. The maximum absolute atomic E-state index is 13.0. The van der Waals surface area contributed by atoms with E-state index in [-0.39, 0.29) is 17.9 Å². The second-order valence-corrected chi connectivity index (χ2v) is 9.44. The van der Waals surface area contributed by atoms with Crippen LogP contribution < -0.4 is 5.32 Å². The quantitative estimate of drug-likeness (QED) is 0.579. The zero-order valence-electron chi connectivity index (χ0n) is 20.0. The number of carbonyl (C=O) groups is 2. The first-order chi connectivity index (χ1) is 14.2. The lowest BCUT2D eigenvalue weighted by Gasteiger charge is -2.47. The Hall–Kier alpha value is -1.60. The third-order valence-electron chi connectivity index (χ3n) is 6.14. The number of nitrogens with zero attached hydrogens (tertiary/aromatic N) is 4. The van der Waals surface area contributed by atoms with Gasteiger partial charge in [0.2, 0.25) is 0 Å². The van der Waals surface area contributed by atoms with E-state index in [0.29, 0.717) is 18.4 Å². The van der Waals surface area contributed by atoms with E-state index in [1.807, 2.05) is 44.2 Å². The van der Waals surface area contributed by atoms with Crippen LogP contribution in [0.5, 0.6) is 0 Å². The molecular formula is C23H43N5O2. The number of rotatable bonds is 9. The molecule has 1 saturated carbocycles. The van der Waals surface area contributed by atoms with Gasteiger partial charge < -0.3 is 20.0 Å². The molecule has 2 fully saturated rings. The van der Waals surface area contributed by atoms with Gasteiger partial charge in [-0.3, -0.25) is 9.69 Å². The first-order valence-corrected chi connectivity index (χ1v) is 11.6. The highest BCUT2D eigenvalue weighted by Gasteiger charge is 2.41. The molecule has 0 unspecified atom stereocenters. The van der Waals surface area contributed by atoms with Crippen molar-refractivity contribution in [1.29, 1.82) is 0 Å². The Labute approximate surface area is 183 Å². The minimum atomic E-state index is 0.0360. The molecule has 30 heavy (non-hydrogen) atoms. The topological polar surface area (TPSA) is 59.1 Å². The Balaban J connectivity index is 2.06. The van der Waals surface area contributed by atoms with E-state index < -0.39 is 0 Å². The predicted molar refractivity (Wildman–Crippen MR) is 123 cm³/mol. The van der Waals surface area contributed by atoms with Crippen molar-refractivity contribution in [2.45, 2.75) is 58.0 Å². The Kier molecular flexibility index (Phi) is 9.62. The van der Waals surface area contributed by atoms with E-state index in [1.165, 1.54) is 0 Å². The lowest BCUT2D eigenvalue weighted by atomic mass is 9.74. The zero-order chi connectivity index (χ0) is 22.3. The zero-order valence-corrected chi connectivity index (χ0v) is 20.0. The third-order valence-corrected chi connectivity index (χ3v) is 6.14. The maximum Gasteiger partial charge on any atom is 0.317 e. The molecule has 7 heteroatoms. The fourth-order valence-corrected chi connectivity index (χ4v) is 4.79. The van der Waals surface area contributed by atoms with Crippen molar-refractivity contribution < 1.29 is 9.59 Å². The highest BCUT2D eigenvalue weighted by Crippen LogP contribution is 2.36. The number of urea groups is 1. The number of Topliss-reactive ketones (excluding diaryl/α,β-unsaturated/α-hetero) is 1. The summed E-state index contributed by atoms with van der Waals surface area (Å²) in [5, 5.41) is 3.30. The molecule has 2 amide bonds. The third kappa shape index (κ3) is 6.98. The number of amides is 2. The number of nitrogens with one attached hydrogen (secondary N) is 1. The summed E-state index contributed by atoms with van der Waals surface area (Å²) in [7, 11) is 8.01. The van der Waals surface area contributed by atoms with Crippen LogP contribution in [0.2, 0.25) is 0 Å². The minimum Gasteiger partial charge on any atom is -0.383 e. The van der Waals surface area contributed by atoms with E-state index in [2.05, 4.69) is 29.0 Å². The number of hydrogen-bond acceptors (Lipinski definition) is 5. The van der Waals surface area contributed by atoms with Crippen molar-refractivity contribution in [2.75, 3.05) is 60.9 Å². The lowest BCUT2D eigenvalue weighted by Crippen LogP contribution is -2.59. The number of fused-ring (bicyclic) bond motifs is 1. The molecule has 3 atom stereocenters. The highest BCUT2D eigenvalue weighted by atomic mass is 16.2. The molecule has 1 saturated heterocycles. The summed E-state index contributed by atoms with van der Waals surface area (Å²) in [5.74, 6) is 0.593. The summed E-state index contributed by atoms with van der Waals surface area (Å²) in [6.45, 7) is 8.56. The molecule has 7 nitrogen and oxygen atoms in total. The van der Waals surface area contributed by atoms with Gasteiger partial charge in [-0.1, -0.05) is 13.8 Å². The first kappa shape index (κ1) is 24.7. The molecule has 0 bridgehead atoms. The molecule has 0 aromatic heterocycles. The summed E-state index contributed by atoms with van der Waals surface area (Å²) >= 11 is 0. The largest absolute Gasteiger partial charge is 0.383 e. The van der Waals surface area contributed by atoms with Gasteiger partial charge in [0, 0.05) is 70.6 Å². The van der Waals surface area contributed by atoms with Gasteiger partial charge in [-0.15, -0.1) is 0 Å². The molecule has 0 spiro atoms. The Morgan fingerprint density at radius 1 is 1.10 bits per heavy atom. The van der Waals surface area contributed by atoms with Gasteiger partial charge in [0.15, 0.2) is 5.78 Å². The molecule has 0 aromatic rings. The molecule has 172 valence electrons. The van der Waals surface area contributed by atoms with E-state index in [1.54, 1.807) is 0 Å². The average Bonchev–Trinajstić information content (AvgIpc) is 2.65. The van der Waals surface area contributed by atoms with E-state index in [4.69, 9.17) is 0 Å². The van der Waals surface area contributed by atoms with Gasteiger partial charge in [0.1, 0.15) is 0 Å². The highest BCUT2D eigenvalue weighted by molar-refractivity contribution is 5.96. The van der Waals surface area contributed by atoms with Crippen LogP contribution in [0, 0.1) is 5.92 Å². The Morgan fingerprint density at radius 3 is 2.43 bits per heavy atom. The van der Waals surface area contributed by atoms with Gasteiger partial charge in [0.05, 0.1) is 0 Å². The Bertz CT molecular complexity index is 604. The van der Waals surface area contributed by atoms with Crippen molar-refractivity contribution in [3.8, 4) is 0 Å². The fourth-order valence-electron chi connectivity index (χ4n) is 4.79. The smallest absolute Gasteiger partial charge is 0.317 e. The van der Waals surface area contributed by atoms with Crippen LogP contribution in [-0.2, 0) is 4.79 Å². The van der Waals surface area contributed by atoms with E-state index in [0.717, 1.165) is 64.0 Å². The summed E-state index contributed by atoms with van der Waals surface area (Å²) in [4.78, 5) is 34.2. The van der Waals surface area contributed by atoms with Gasteiger partial charge >= 0.3 is 6.03 Å². The molecule has 2 rings (SSSR count). The van der Waals surface area contributed by atoms with Crippen molar-refractivity contribution in [3.63, 3.8) is 0 Å². The normalized spacial score (nSPS) is 26.0. The summed E-state index contributed by atoms with van der Waals surface area (Å²) in [6.07, 6.45) is 6.33. The minimum absolute atomic E-state index is 0.0360. The summed E-state index contributed by atoms with van der Waals surface area (Å²) in [5.41, 5.74) is 0.947. The molecule has 1 N–H and O–H groups in total. The van der Waals surface area contributed by atoms with Crippen molar-refractivity contribution in [2.24, 2.45) is 5.92 Å². The summed E-state index contributed by atoms with van der Waals surface area (Å²) in [6, 6.07) is 0.549. The summed E-state index contributed by atoms with van der Waals surface area (Å²) < 4.78 is 0. The molecule has 1 heterocycles. The number of likely N-dealkylation sites (N-methyl/N-ethyl adjacent to an activating group) is 1. The SMILES string of the molecule is CCCN(CCN(C)C)C(=O)N[C@H]1C[C@@H]2CC(=O)C(=CN(C)C)C[C@H]2N(CCC)C1. The number of likely N-dealkylation sites (tertiary alicyclic amines) is 1. The first-order valence-electron chi connectivity index (χ1n) is 11.6. The van der Waals surface area contributed by atoms with Crippen LogP contribution in [0.1, 0.15) is 46.0 Å². The number of carbonyl (C=O) groups excluding carboxylic acids is 2. The van der Waals surface area contributed by atoms with Gasteiger partial charge in [-0.05, 0) is 52.2 Å². The maximum atomic E-state index is 13.0.